The first-order valence-corrected chi connectivity index (χ1v) is 6.66. The van der Waals surface area contributed by atoms with Crippen LogP contribution < -0.4 is 10.9 Å². The maximum Gasteiger partial charge on any atom is 0.274 e. The lowest BCUT2D eigenvalue weighted by Crippen LogP contribution is -2.28. The van der Waals surface area contributed by atoms with E-state index in [0.717, 1.165) is 11.3 Å². The molecule has 0 aliphatic rings. The zero-order valence-electron chi connectivity index (χ0n) is 11.9. The van der Waals surface area contributed by atoms with Gasteiger partial charge in [0.1, 0.15) is 5.69 Å². The minimum Gasteiger partial charge on any atom is -0.324 e. The van der Waals surface area contributed by atoms with Crippen LogP contribution in [0.2, 0.25) is 5.02 Å². The molecular formula is C14H17ClN4O. The molecule has 1 aromatic heterocycles. The Morgan fingerprint density at radius 1 is 1.25 bits per heavy atom. The normalized spacial score (nSPS) is 11.4. The number of H-pyrrole nitrogens is 1. The molecule has 1 heterocycles. The van der Waals surface area contributed by atoms with Crippen molar-refractivity contribution in [3.8, 4) is 0 Å². The van der Waals surface area contributed by atoms with Crippen molar-refractivity contribution in [1.82, 2.24) is 15.2 Å². The van der Waals surface area contributed by atoms with Crippen molar-refractivity contribution in [3.63, 3.8) is 0 Å². The molecule has 0 aliphatic heterocycles. The smallest absolute Gasteiger partial charge is 0.274 e. The van der Waals surface area contributed by atoms with Crippen LogP contribution in [0.1, 0.15) is 32.0 Å². The van der Waals surface area contributed by atoms with Crippen LogP contribution in [0.5, 0.6) is 0 Å². The molecule has 1 aromatic carbocycles. The molecule has 0 unspecified atom stereocenters. The summed E-state index contributed by atoms with van der Waals surface area (Å²) in [6, 6.07) is 5.49. The Labute approximate surface area is 122 Å². The van der Waals surface area contributed by atoms with Gasteiger partial charge in [0.15, 0.2) is 0 Å². The van der Waals surface area contributed by atoms with E-state index in [1.165, 1.54) is 0 Å². The van der Waals surface area contributed by atoms with Crippen molar-refractivity contribution in [2.45, 2.75) is 33.1 Å². The molecule has 106 valence electrons. The zero-order chi connectivity index (χ0) is 14.9. The number of rotatable bonds is 2. The van der Waals surface area contributed by atoms with Gasteiger partial charge in [0.2, 0.25) is 5.95 Å². The van der Waals surface area contributed by atoms with Gasteiger partial charge in [-0.05, 0) is 24.6 Å². The number of nitrogens with one attached hydrogen (secondary N) is 2. The van der Waals surface area contributed by atoms with Gasteiger partial charge in [0.25, 0.3) is 5.56 Å². The van der Waals surface area contributed by atoms with Crippen LogP contribution in [0.3, 0.4) is 0 Å². The lowest BCUT2D eigenvalue weighted by Gasteiger charge is -2.16. The molecule has 2 N–H and O–H groups in total. The summed E-state index contributed by atoms with van der Waals surface area (Å²) in [5.41, 5.74) is 1.49. The second-order valence-corrected chi connectivity index (χ2v) is 6.05. The van der Waals surface area contributed by atoms with E-state index in [0.29, 0.717) is 16.7 Å². The predicted octanol–water partition coefficient (Wildman–Crippen LogP) is 3.17. The first-order valence-electron chi connectivity index (χ1n) is 6.28. The van der Waals surface area contributed by atoms with E-state index < -0.39 is 0 Å². The molecule has 0 bridgehead atoms. The van der Waals surface area contributed by atoms with Crippen molar-refractivity contribution in [1.29, 1.82) is 0 Å². The minimum atomic E-state index is -0.342. The molecule has 2 aromatic rings. The molecule has 20 heavy (non-hydrogen) atoms. The third-order valence-electron chi connectivity index (χ3n) is 2.93. The number of aromatic nitrogens is 3. The van der Waals surface area contributed by atoms with E-state index in [2.05, 4.69) is 20.5 Å². The highest BCUT2D eigenvalue weighted by Gasteiger charge is 2.20. The number of nitrogens with zero attached hydrogens (tertiary/aromatic N) is 2. The molecule has 5 nitrogen and oxygen atoms in total. The van der Waals surface area contributed by atoms with Gasteiger partial charge in [-0.15, -0.1) is 10.2 Å². The van der Waals surface area contributed by atoms with Gasteiger partial charge in [-0.25, -0.2) is 0 Å². The maximum atomic E-state index is 12.0. The van der Waals surface area contributed by atoms with Crippen LogP contribution in [0.4, 0.5) is 11.6 Å². The average Bonchev–Trinajstić information content (AvgIpc) is 2.33. The van der Waals surface area contributed by atoms with Gasteiger partial charge in [-0.3, -0.25) is 9.78 Å². The van der Waals surface area contributed by atoms with Crippen LogP contribution in [-0.4, -0.2) is 15.2 Å². The summed E-state index contributed by atoms with van der Waals surface area (Å²) in [6.45, 7) is 7.64. The van der Waals surface area contributed by atoms with Crippen LogP contribution in [0, 0.1) is 6.92 Å². The second-order valence-electron chi connectivity index (χ2n) is 5.64. The average molecular weight is 293 g/mol. The largest absolute Gasteiger partial charge is 0.324 e. The quantitative estimate of drug-likeness (QED) is 0.892. The van der Waals surface area contributed by atoms with Crippen molar-refractivity contribution < 1.29 is 0 Å². The Bertz CT molecular complexity index is 688. The third-order valence-corrected chi connectivity index (χ3v) is 3.34. The lowest BCUT2D eigenvalue weighted by molar-refractivity contribution is 0.547. The molecule has 6 heteroatoms. The van der Waals surface area contributed by atoms with E-state index in [1.807, 2.05) is 39.8 Å². The summed E-state index contributed by atoms with van der Waals surface area (Å²) in [6.07, 6.45) is 0. The number of benzene rings is 1. The topological polar surface area (TPSA) is 70.7 Å². The summed E-state index contributed by atoms with van der Waals surface area (Å²) in [4.78, 5) is 14.7. The van der Waals surface area contributed by atoms with Gasteiger partial charge in [0, 0.05) is 16.1 Å². The molecule has 0 saturated carbocycles. The van der Waals surface area contributed by atoms with E-state index >= 15 is 0 Å². The Morgan fingerprint density at radius 3 is 2.55 bits per heavy atom. The highest BCUT2D eigenvalue weighted by Crippen LogP contribution is 2.24. The third kappa shape index (κ3) is 2.99. The maximum absolute atomic E-state index is 12.0. The van der Waals surface area contributed by atoms with Crippen LogP contribution in [0.15, 0.2) is 23.0 Å². The monoisotopic (exact) mass is 292 g/mol. The summed E-state index contributed by atoms with van der Waals surface area (Å²) in [7, 11) is 0. The fourth-order valence-corrected chi connectivity index (χ4v) is 1.93. The molecule has 0 radical (unpaired) electrons. The Balaban J connectivity index is 2.34. The van der Waals surface area contributed by atoms with Crippen LogP contribution in [0.25, 0.3) is 0 Å². The molecule has 0 fully saturated rings. The fraction of sp³-hybridized carbons (Fsp3) is 0.357. The van der Waals surface area contributed by atoms with Crippen LogP contribution in [-0.2, 0) is 5.41 Å². The van der Waals surface area contributed by atoms with Crippen molar-refractivity contribution in [3.05, 3.63) is 44.8 Å². The molecule has 0 spiro atoms. The first-order chi connectivity index (χ1) is 9.29. The first kappa shape index (κ1) is 14.5. The van der Waals surface area contributed by atoms with Crippen molar-refractivity contribution in [2.75, 3.05) is 5.32 Å². The van der Waals surface area contributed by atoms with Gasteiger partial charge in [-0.1, -0.05) is 38.4 Å². The molecule has 0 amide bonds. The number of hydrogen-bond donors (Lipinski definition) is 2. The Hall–Kier alpha value is -1.88. The molecule has 0 saturated heterocycles. The summed E-state index contributed by atoms with van der Waals surface area (Å²) in [5.74, 6) is 0.299. The van der Waals surface area contributed by atoms with E-state index in [1.54, 1.807) is 6.07 Å². The lowest BCUT2D eigenvalue weighted by atomic mass is 9.93. The summed E-state index contributed by atoms with van der Waals surface area (Å²) in [5, 5.41) is 11.7. The molecule has 2 rings (SSSR count). The minimum absolute atomic E-state index is 0.241. The van der Waals surface area contributed by atoms with Crippen LogP contribution >= 0.6 is 11.6 Å². The van der Waals surface area contributed by atoms with Gasteiger partial charge >= 0.3 is 0 Å². The fourth-order valence-electron chi connectivity index (χ4n) is 1.75. The highest BCUT2D eigenvalue weighted by molar-refractivity contribution is 6.31. The summed E-state index contributed by atoms with van der Waals surface area (Å²) >= 11 is 6.05. The van der Waals surface area contributed by atoms with E-state index in [4.69, 9.17) is 11.6 Å². The molecule has 0 atom stereocenters. The predicted molar refractivity (Wildman–Crippen MR) is 80.8 cm³/mol. The number of hydrogen-bond acceptors (Lipinski definition) is 4. The Kier molecular flexibility index (Phi) is 3.81. The number of halogens is 1. The van der Waals surface area contributed by atoms with Gasteiger partial charge in [-0.2, -0.15) is 0 Å². The number of aromatic amines is 1. The second kappa shape index (κ2) is 5.25. The Morgan fingerprint density at radius 2 is 1.95 bits per heavy atom. The van der Waals surface area contributed by atoms with E-state index in [-0.39, 0.29) is 11.0 Å². The zero-order valence-corrected chi connectivity index (χ0v) is 12.7. The highest BCUT2D eigenvalue weighted by atomic mass is 35.5. The van der Waals surface area contributed by atoms with E-state index in [9.17, 15) is 4.79 Å². The molecular weight excluding hydrogens is 276 g/mol. The molecule has 0 aliphatic carbocycles. The standard InChI is InChI=1S/C14H17ClN4O/c1-8-9(15)6-5-7-10(8)16-13-17-12(20)11(18-19-13)14(2,3)4/h5-7H,1-4H3,(H2,16,17,19,20). The SMILES string of the molecule is Cc1c(Cl)cccc1Nc1nnc(C(C)(C)C)c(=O)[nH]1. The van der Waals surface area contributed by atoms with Crippen molar-refractivity contribution in [2.24, 2.45) is 0 Å². The van der Waals surface area contributed by atoms with Crippen molar-refractivity contribution >= 4 is 23.2 Å². The summed E-state index contributed by atoms with van der Waals surface area (Å²) < 4.78 is 0. The van der Waals surface area contributed by atoms with Gasteiger partial charge < -0.3 is 5.32 Å². The number of anilines is 2. The van der Waals surface area contributed by atoms with Gasteiger partial charge in [0.05, 0.1) is 0 Å².